The number of carbonyl (C=O) groups excluding carboxylic acids is 2. The Morgan fingerprint density at radius 3 is 2.34 bits per heavy atom. The van der Waals surface area contributed by atoms with Gasteiger partial charge in [-0.3, -0.25) is 13.9 Å². The summed E-state index contributed by atoms with van der Waals surface area (Å²) in [5.41, 5.74) is -0.474. The Balaban J connectivity index is 1.80. The summed E-state index contributed by atoms with van der Waals surface area (Å²) in [5, 5.41) is 3.68. The zero-order valence-electron chi connectivity index (χ0n) is 22.9. The molecule has 2 aromatic carbocycles. The minimum absolute atomic E-state index is 0.0146. The molecule has 1 atom stereocenters. The number of halogens is 5. The highest BCUT2D eigenvalue weighted by Crippen LogP contribution is 2.32. The van der Waals surface area contributed by atoms with Crippen molar-refractivity contribution in [1.29, 1.82) is 0 Å². The highest BCUT2D eigenvalue weighted by atomic mass is 35.5. The Kier molecular flexibility index (Phi) is 11.4. The minimum Gasteiger partial charge on any atom is -0.352 e. The van der Waals surface area contributed by atoms with Crippen molar-refractivity contribution in [3.8, 4) is 0 Å². The predicted octanol–water partition coefficient (Wildman–Crippen LogP) is 6.42. The van der Waals surface area contributed by atoms with Gasteiger partial charge in [0, 0.05) is 25.6 Å². The number of nitrogens with zero attached hydrogens (tertiary/aromatic N) is 2. The molecule has 0 bridgehead atoms. The van der Waals surface area contributed by atoms with Crippen molar-refractivity contribution in [2.75, 3.05) is 17.1 Å². The summed E-state index contributed by atoms with van der Waals surface area (Å²) in [5.74, 6) is -0.670. The van der Waals surface area contributed by atoms with Gasteiger partial charge in [-0.25, -0.2) is 8.42 Å². The molecule has 0 aliphatic heterocycles. The van der Waals surface area contributed by atoms with Crippen molar-refractivity contribution < 1.29 is 31.2 Å². The van der Waals surface area contributed by atoms with Crippen molar-refractivity contribution in [3.05, 3.63) is 63.6 Å². The first-order valence-electron chi connectivity index (χ1n) is 13.4. The number of alkyl halides is 3. The van der Waals surface area contributed by atoms with Gasteiger partial charge in [0.25, 0.3) is 0 Å². The van der Waals surface area contributed by atoms with Gasteiger partial charge in [0.2, 0.25) is 21.8 Å². The van der Waals surface area contributed by atoms with Crippen LogP contribution < -0.4 is 9.62 Å². The zero-order valence-corrected chi connectivity index (χ0v) is 25.2. The Bertz CT molecular complexity index is 1340. The quantitative estimate of drug-likeness (QED) is 0.291. The van der Waals surface area contributed by atoms with E-state index in [1.54, 1.807) is 25.1 Å². The van der Waals surface area contributed by atoms with Crippen LogP contribution in [0.4, 0.5) is 18.9 Å². The molecule has 0 spiro atoms. The molecule has 1 N–H and O–H groups in total. The molecule has 1 saturated carbocycles. The van der Waals surface area contributed by atoms with Gasteiger partial charge in [-0.15, -0.1) is 0 Å². The van der Waals surface area contributed by atoms with E-state index in [2.05, 4.69) is 5.32 Å². The van der Waals surface area contributed by atoms with Gasteiger partial charge in [0.1, 0.15) is 6.04 Å². The number of hydrogen-bond acceptors (Lipinski definition) is 4. The fourth-order valence-electron chi connectivity index (χ4n) is 4.96. The fraction of sp³-hybridized carbons (Fsp3) is 0.500. The van der Waals surface area contributed by atoms with Crippen LogP contribution in [0.15, 0.2) is 42.5 Å². The highest BCUT2D eigenvalue weighted by molar-refractivity contribution is 7.92. The highest BCUT2D eigenvalue weighted by Gasteiger charge is 2.33. The molecule has 2 amide bonds. The minimum atomic E-state index is -4.64. The second kappa shape index (κ2) is 14.1. The van der Waals surface area contributed by atoms with E-state index in [1.807, 2.05) is 0 Å². The maximum atomic E-state index is 13.6. The third-order valence-electron chi connectivity index (χ3n) is 7.04. The molecular formula is C28H34Cl2F3N3O4S. The topological polar surface area (TPSA) is 86.8 Å². The Morgan fingerprint density at radius 2 is 1.76 bits per heavy atom. The number of hydrogen-bond donors (Lipinski definition) is 1. The van der Waals surface area contributed by atoms with Crippen molar-refractivity contribution in [2.45, 2.75) is 76.7 Å². The van der Waals surface area contributed by atoms with Gasteiger partial charge in [-0.2, -0.15) is 13.2 Å². The summed E-state index contributed by atoms with van der Waals surface area (Å²) < 4.78 is 65.5. The fourth-order valence-corrected chi connectivity index (χ4v) is 6.24. The summed E-state index contributed by atoms with van der Waals surface area (Å²) in [4.78, 5) is 28.3. The molecule has 3 rings (SSSR count). The van der Waals surface area contributed by atoms with E-state index in [1.165, 1.54) is 11.0 Å². The van der Waals surface area contributed by atoms with Crippen molar-refractivity contribution in [3.63, 3.8) is 0 Å². The lowest BCUT2D eigenvalue weighted by Crippen LogP contribution is -2.51. The molecule has 0 radical (unpaired) electrons. The largest absolute Gasteiger partial charge is 0.416 e. The third-order valence-corrected chi connectivity index (χ3v) is 8.97. The molecular weight excluding hydrogens is 602 g/mol. The Morgan fingerprint density at radius 1 is 1.07 bits per heavy atom. The number of nitrogens with one attached hydrogen (secondary N) is 1. The van der Waals surface area contributed by atoms with Crippen LogP contribution in [0.25, 0.3) is 0 Å². The van der Waals surface area contributed by atoms with Crippen molar-refractivity contribution >= 4 is 50.7 Å². The van der Waals surface area contributed by atoms with Crippen molar-refractivity contribution in [1.82, 2.24) is 10.2 Å². The zero-order chi connectivity index (χ0) is 30.4. The van der Waals surface area contributed by atoms with Gasteiger partial charge in [-0.1, -0.05) is 55.1 Å². The molecule has 2 aromatic rings. The van der Waals surface area contributed by atoms with Gasteiger partial charge in [0.15, 0.2) is 0 Å². The van der Waals surface area contributed by atoms with Crippen molar-refractivity contribution in [2.24, 2.45) is 0 Å². The predicted molar refractivity (Wildman–Crippen MR) is 154 cm³/mol. The van der Waals surface area contributed by atoms with Gasteiger partial charge >= 0.3 is 6.18 Å². The lowest BCUT2D eigenvalue weighted by atomic mass is 10.1. The van der Waals surface area contributed by atoms with Gasteiger partial charge in [-0.05, 0) is 61.6 Å². The number of rotatable bonds is 12. The number of benzene rings is 2. The molecule has 13 heteroatoms. The smallest absolute Gasteiger partial charge is 0.352 e. The summed E-state index contributed by atoms with van der Waals surface area (Å²) in [6.45, 7) is 1.64. The first-order chi connectivity index (χ1) is 19.2. The van der Waals surface area contributed by atoms with Crippen LogP contribution in [-0.2, 0) is 32.3 Å². The first-order valence-corrected chi connectivity index (χ1v) is 16.0. The maximum Gasteiger partial charge on any atom is 0.416 e. The van der Waals surface area contributed by atoms with E-state index in [0.29, 0.717) is 22.0 Å². The molecule has 7 nitrogen and oxygen atoms in total. The SMILES string of the molecule is CC[C@@H](C(=O)NC1CCCC1)N(Cc1ccc(Cl)c(Cl)c1)C(=O)CCCN(c1cccc(C(F)(F)F)c1)S(C)(=O)=O. The van der Waals surface area contributed by atoms with E-state index < -0.39 is 33.7 Å². The van der Waals surface area contributed by atoms with Crippen LogP contribution in [-0.4, -0.2) is 50.0 Å². The summed E-state index contributed by atoms with van der Waals surface area (Å²) in [6.07, 6.45) is 0.262. The number of sulfonamides is 1. The molecule has 1 fully saturated rings. The number of amides is 2. The van der Waals surface area contributed by atoms with Crippen LogP contribution in [0.1, 0.15) is 63.0 Å². The average Bonchev–Trinajstić information content (AvgIpc) is 3.40. The molecule has 0 unspecified atom stereocenters. The second-order valence-corrected chi connectivity index (χ2v) is 12.9. The first kappa shape index (κ1) is 33.0. The Hall–Kier alpha value is -2.50. The molecule has 0 aromatic heterocycles. The van der Waals surface area contributed by atoms with Crippen LogP contribution in [0, 0.1) is 0 Å². The molecule has 41 heavy (non-hydrogen) atoms. The van der Waals surface area contributed by atoms with Crippen LogP contribution in [0.3, 0.4) is 0 Å². The summed E-state index contributed by atoms with van der Waals surface area (Å²) >= 11 is 12.2. The molecule has 0 saturated heterocycles. The van der Waals surface area contributed by atoms with E-state index in [0.717, 1.165) is 54.4 Å². The second-order valence-electron chi connectivity index (χ2n) is 10.2. The molecule has 226 valence electrons. The number of anilines is 1. The molecule has 0 heterocycles. The van der Waals surface area contributed by atoms with E-state index in [9.17, 15) is 31.2 Å². The summed E-state index contributed by atoms with van der Waals surface area (Å²) in [6, 6.07) is 8.21. The average molecular weight is 637 g/mol. The van der Waals surface area contributed by atoms with Crippen LogP contribution >= 0.6 is 23.2 Å². The van der Waals surface area contributed by atoms with E-state index >= 15 is 0 Å². The summed E-state index contributed by atoms with van der Waals surface area (Å²) in [7, 11) is -3.95. The lowest BCUT2D eigenvalue weighted by Gasteiger charge is -2.32. The van der Waals surface area contributed by atoms with E-state index in [-0.39, 0.29) is 43.6 Å². The van der Waals surface area contributed by atoms with Crippen LogP contribution in [0.2, 0.25) is 10.0 Å². The third kappa shape index (κ3) is 9.24. The lowest BCUT2D eigenvalue weighted by molar-refractivity contribution is -0.141. The maximum absolute atomic E-state index is 13.6. The monoisotopic (exact) mass is 635 g/mol. The van der Waals surface area contributed by atoms with Crippen LogP contribution in [0.5, 0.6) is 0 Å². The molecule has 1 aliphatic carbocycles. The normalized spacial score (nSPS) is 15.0. The molecule has 1 aliphatic rings. The van der Waals surface area contributed by atoms with E-state index in [4.69, 9.17) is 23.2 Å². The number of carbonyl (C=O) groups is 2. The van der Waals surface area contributed by atoms with Gasteiger partial charge < -0.3 is 10.2 Å². The van der Waals surface area contributed by atoms with Gasteiger partial charge in [0.05, 0.1) is 27.6 Å². The Labute approximate surface area is 249 Å². The standard InChI is InChI=1S/C28H34Cl2F3N3O4S/c1-3-25(27(38)34-21-9-4-5-10-21)35(18-19-13-14-23(29)24(30)16-19)26(37)12-7-15-36(41(2,39)40)22-11-6-8-20(17-22)28(31,32)33/h6,8,11,13-14,16-17,21,25H,3-5,7,9-10,12,15,18H2,1-2H3,(H,34,38)/t25-/m0/s1.